The van der Waals surface area contributed by atoms with Crippen LogP contribution >= 0.6 is 0 Å². The largest absolute Gasteiger partial charge is 0.496 e. The SMILES string of the molecule is COc1ccccc1C[C@H](C(=O)Nc1cc(C)ccc1C)c1nn[nH]n1. The van der Waals surface area contributed by atoms with Crippen LogP contribution in [0.1, 0.15) is 28.4 Å². The van der Waals surface area contributed by atoms with Crippen molar-refractivity contribution in [3.8, 4) is 5.75 Å². The molecule has 0 radical (unpaired) electrons. The van der Waals surface area contributed by atoms with Gasteiger partial charge in [0.1, 0.15) is 11.7 Å². The predicted molar refractivity (Wildman–Crippen MR) is 98.2 cm³/mol. The van der Waals surface area contributed by atoms with Crippen molar-refractivity contribution in [2.45, 2.75) is 26.2 Å². The van der Waals surface area contributed by atoms with Crippen LogP contribution in [0.5, 0.6) is 5.75 Å². The molecule has 7 nitrogen and oxygen atoms in total. The molecule has 2 N–H and O–H groups in total. The number of H-pyrrole nitrogens is 1. The highest BCUT2D eigenvalue weighted by Gasteiger charge is 2.27. The molecule has 1 aromatic heterocycles. The number of amides is 1. The Kier molecular flexibility index (Phi) is 5.26. The van der Waals surface area contributed by atoms with E-state index in [4.69, 9.17) is 4.74 Å². The summed E-state index contributed by atoms with van der Waals surface area (Å²) < 4.78 is 5.40. The van der Waals surface area contributed by atoms with E-state index in [1.54, 1.807) is 7.11 Å². The normalized spacial score (nSPS) is 11.8. The first kappa shape index (κ1) is 17.6. The molecule has 0 bridgehead atoms. The molecule has 7 heteroatoms. The summed E-state index contributed by atoms with van der Waals surface area (Å²) in [6.07, 6.45) is 0.403. The third-order valence-corrected chi connectivity index (χ3v) is 4.26. The Hall–Kier alpha value is -3.22. The van der Waals surface area contributed by atoms with E-state index >= 15 is 0 Å². The molecule has 0 fully saturated rings. The number of benzene rings is 2. The summed E-state index contributed by atoms with van der Waals surface area (Å²) in [5, 5.41) is 17.1. The summed E-state index contributed by atoms with van der Waals surface area (Å²) in [4.78, 5) is 13.0. The lowest BCUT2D eigenvalue weighted by atomic mass is 9.96. The lowest BCUT2D eigenvalue weighted by Crippen LogP contribution is -2.24. The van der Waals surface area contributed by atoms with Crippen LogP contribution in [-0.2, 0) is 11.2 Å². The smallest absolute Gasteiger partial charge is 0.235 e. The average molecular weight is 351 g/mol. The summed E-state index contributed by atoms with van der Waals surface area (Å²) in [7, 11) is 1.61. The Morgan fingerprint density at radius 1 is 1.23 bits per heavy atom. The molecule has 3 rings (SSSR count). The van der Waals surface area contributed by atoms with Gasteiger partial charge in [0.2, 0.25) is 5.91 Å². The number of aromatic amines is 1. The molecular formula is C19H21N5O2. The molecule has 0 aliphatic carbocycles. The molecule has 3 aromatic rings. The van der Waals surface area contributed by atoms with Crippen LogP contribution in [0.2, 0.25) is 0 Å². The molecule has 134 valence electrons. The molecule has 1 heterocycles. The van der Waals surface area contributed by atoms with Gasteiger partial charge in [0.05, 0.1) is 7.11 Å². The molecule has 1 atom stereocenters. The monoisotopic (exact) mass is 351 g/mol. The van der Waals surface area contributed by atoms with Crippen molar-refractivity contribution in [2.24, 2.45) is 0 Å². The van der Waals surface area contributed by atoms with E-state index in [1.807, 2.05) is 56.3 Å². The Balaban J connectivity index is 1.89. The molecule has 0 unspecified atom stereocenters. The lowest BCUT2D eigenvalue weighted by Gasteiger charge is -2.17. The molecule has 0 aliphatic heterocycles. The van der Waals surface area contributed by atoms with Gasteiger partial charge in [0.15, 0.2) is 5.82 Å². The van der Waals surface area contributed by atoms with Crippen LogP contribution in [0.15, 0.2) is 42.5 Å². The molecule has 0 saturated heterocycles. The summed E-state index contributed by atoms with van der Waals surface area (Å²) in [6, 6.07) is 13.5. The fourth-order valence-corrected chi connectivity index (χ4v) is 2.80. The van der Waals surface area contributed by atoms with Crippen LogP contribution in [0.4, 0.5) is 5.69 Å². The van der Waals surface area contributed by atoms with Crippen molar-refractivity contribution < 1.29 is 9.53 Å². The molecule has 26 heavy (non-hydrogen) atoms. The quantitative estimate of drug-likeness (QED) is 0.712. The minimum Gasteiger partial charge on any atom is -0.496 e. The number of aryl methyl sites for hydroxylation is 2. The van der Waals surface area contributed by atoms with E-state index in [-0.39, 0.29) is 5.91 Å². The van der Waals surface area contributed by atoms with Crippen LogP contribution in [0.3, 0.4) is 0 Å². The third kappa shape index (κ3) is 3.88. The number of aromatic nitrogens is 4. The fraction of sp³-hybridized carbons (Fsp3) is 0.263. The van der Waals surface area contributed by atoms with Crippen LogP contribution in [-0.4, -0.2) is 33.6 Å². The summed E-state index contributed by atoms with van der Waals surface area (Å²) >= 11 is 0. The van der Waals surface area contributed by atoms with E-state index in [0.29, 0.717) is 12.2 Å². The first-order chi connectivity index (χ1) is 12.6. The van der Waals surface area contributed by atoms with Crippen LogP contribution in [0, 0.1) is 13.8 Å². The van der Waals surface area contributed by atoms with Gasteiger partial charge in [-0.2, -0.15) is 5.21 Å². The van der Waals surface area contributed by atoms with E-state index in [9.17, 15) is 4.79 Å². The number of anilines is 1. The van der Waals surface area contributed by atoms with Gasteiger partial charge in [-0.25, -0.2) is 0 Å². The number of nitrogens with zero attached hydrogens (tertiary/aromatic N) is 3. The van der Waals surface area contributed by atoms with Crippen molar-refractivity contribution in [2.75, 3.05) is 12.4 Å². The first-order valence-corrected chi connectivity index (χ1v) is 8.32. The maximum atomic E-state index is 13.0. The second-order valence-corrected chi connectivity index (χ2v) is 6.15. The van der Waals surface area contributed by atoms with Gasteiger partial charge in [-0.05, 0) is 49.1 Å². The van der Waals surface area contributed by atoms with Crippen LogP contribution in [0.25, 0.3) is 0 Å². The summed E-state index contributed by atoms with van der Waals surface area (Å²) in [6.45, 7) is 3.94. The zero-order chi connectivity index (χ0) is 18.5. The van der Waals surface area contributed by atoms with E-state index in [0.717, 1.165) is 28.1 Å². The number of hydrogen-bond donors (Lipinski definition) is 2. The second-order valence-electron chi connectivity index (χ2n) is 6.15. The molecule has 0 saturated carbocycles. The molecule has 0 spiro atoms. The molecule has 1 amide bonds. The van der Waals surface area contributed by atoms with Crippen molar-refractivity contribution in [1.29, 1.82) is 0 Å². The Bertz CT molecular complexity index is 893. The van der Waals surface area contributed by atoms with Gasteiger partial charge < -0.3 is 10.1 Å². The maximum Gasteiger partial charge on any atom is 0.235 e. The van der Waals surface area contributed by atoms with E-state index in [2.05, 4.69) is 25.9 Å². The van der Waals surface area contributed by atoms with Gasteiger partial charge in [0, 0.05) is 5.69 Å². The topological polar surface area (TPSA) is 92.8 Å². The second kappa shape index (κ2) is 7.77. The number of nitrogens with one attached hydrogen (secondary N) is 2. The zero-order valence-corrected chi connectivity index (χ0v) is 15.0. The number of carbonyl (C=O) groups excluding carboxylic acids is 1. The van der Waals surface area contributed by atoms with Gasteiger partial charge in [-0.3, -0.25) is 4.79 Å². The number of ether oxygens (including phenoxy) is 1. The van der Waals surface area contributed by atoms with Crippen LogP contribution < -0.4 is 10.1 Å². The number of tetrazole rings is 1. The number of methoxy groups -OCH3 is 1. The first-order valence-electron chi connectivity index (χ1n) is 8.32. The van der Waals surface area contributed by atoms with Crippen molar-refractivity contribution >= 4 is 11.6 Å². The third-order valence-electron chi connectivity index (χ3n) is 4.26. The van der Waals surface area contributed by atoms with E-state index in [1.165, 1.54) is 0 Å². The van der Waals surface area contributed by atoms with Crippen molar-refractivity contribution in [3.05, 3.63) is 65.0 Å². The Labute approximate surface area is 151 Å². The maximum absolute atomic E-state index is 13.0. The highest BCUT2D eigenvalue weighted by atomic mass is 16.5. The number of rotatable bonds is 6. The zero-order valence-electron chi connectivity index (χ0n) is 15.0. The van der Waals surface area contributed by atoms with Gasteiger partial charge >= 0.3 is 0 Å². The number of hydrogen-bond acceptors (Lipinski definition) is 5. The highest BCUT2D eigenvalue weighted by molar-refractivity contribution is 5.96. The van der Waals surface area contributed by atoms with Gasteiger partial charge in [-0.15, -0.1) is 10.2 Å². The average Bonchev–Trinajstić information content (AvgIpc) is 3.17. The van der Waals surface area contributed by atoms with Crippen molar-refractivity contribution in [1.82, 2.24) is 20.6 Å². The van der Waals surface area contributed by atoms with Crippen molar-refractivity contribution in [3.63, 3.8) is 0 Å². The molecular weight excluding hydrogens is 330 g/mol. The van der Waals surface area contributed by atoms with Gasteiger partial charge in [0.25, 0.3) is 0 Å². The van der Waals surface area contributed by atoms with Gasteiger partial charge in [-0.1, -0.05) is 35.5 Å². The molecule has 0 aliphatic rings. The summed E-state index contributed by atoms with van der Waals surface area (Å²) in [5.41, 5.74) is 3.75. The Morgan fingerprint density at radius 3 is 2.77 bits per heavy atom. The minimum absolute atomic E-state index is 0.189. The number of carbonyl (C=O) groups is 1. The standard InChI is InChI=1S/C19H21N5O2/c1-12-8-9-13(2)16(10-12)20-19(25)15(18-21-23-24-22-18)11-14-6-4-5-7-17(14)26-3/h4-10,15H,11H2,1-3H3,(H,20,25)(H,21,22,23,24)/t15-/m0/s1. The fourth-order valence-electron chi connectivity index (χ4n) is 2.80. The predicted octanol–water partition coefficient (Wildman–Crippen LogP) is 2.79. The summed E-state index contributed by atoms with van der Waals surface area (Å²) in [5.74, 6) is 0.287. The number of para-hydroxylation sites is 1. The lowest BCUT2D eigenvalue weighted by molar-refractivity contribution is -0.117. The molecule has 2 aromatic carbocycles. The minimum atomic E-state index is -0.593. The highest BCUT2D eigenvalue weighted by Crippen LogP contribution is 2.26. The van der Waals surface area contributed by atoms with E-state index < -0.39 is 5.92 Å². The Morgan fingerprint density at radius 2 is 2.04 bits per heavy atom.